The predicted molar refractivity (Wildman–Crippen MR) is 74.5 cm³/mol. The molecule has 0 amide bonds. The average Bonchev–Trinajstić information content (AvgIpc) is 2.43. The molecule has 0 saturated heterocycles. The Morgan fingerprint density at radius 2 is 2.05 bits per heavy atom. The molecule has 0 spiro atoms. The first-order valence-corrected chi connectivity index (χ1v) is 6.33. The van der Waals surface area contributed by atoms with Crippen molar-refractivity contribution in [2.45, 2.75) is 13.2 Å². The zero-order chi connectivity index (χ0) is 16.3. The molecule has 0 bridgehead atoms. The van der Waals surface area contributed by atoms with Crippen molar-refractivity contribution in [1.29, 1.82) is 0 Å². The van der Waals surface area contributed by atoms with Gasteiger partial charge in [-0.1, -0.05) is 11.6 Å². The molecule has 0 fully saturated rings. The van der Waals surface area contributed by atoms with Crippen LogP contribution in [0, 0.1) is 10.1 Å². The van der Waals surface area contributed by atoms with Crippen LogP contribution < -0.4 is 10.3 Å². The van der Waals surface area contributed by atoms with Gasteiger partial charge in [-0.3, -0.25) is 14.9 Å². The zero-order valence-corrected chi connectivity index (χ0v) is 11.7. The molecule has 1 aromatic heterocycles. The molecule has 0 saturated carbocycles. The molecule has 116 valence electrons. The summed E-state index contributed by atoms with van der Waals surface area (Å²) in [5.74, 6) is -0.155. The molecule has 1 aromatic carbocycles. The maximum Gasteiger partial charge on any atom is 0.387 e. The van der Waals surface area contributed by atoms with Crippen LogP contribution in [0.2, 0.25) is 5.02 Å². The van der Waals surface area contributed by atoms with Gasteiger partial charge in [0.15, 0.2) is 0 Å². The first-order chi connectivity index (χ1) is 10.4. The molecule has 0 unspecified atom stereocenters. The number of alkyl halides is 2. The summed E-state index contributed by atoms with van der Waals surface area (Å²) < 4.78 is 30.1. The third-order valence-corrected chi connectivity index (χ3v) is 2.99. The number of hydrogen-bond donors (Lipinski definition) is 0. The molecule has 6 nitrogen and oxygen atoms in total. The van der Waals surface area contributed by atoms with Crippen molar-refractivity contribution in [2.24, 2.45) is 0 Å². The number of benzene rings is 1. The van der Waals surface area contributed by atoms with E-state index in [9.17, 15) is 23.7 Å². The Bertz CT molecular complexity index is 764. The molecular formula is C13H9ClF2N2O4. The van der Waals surface area contributed by atoms with Crippen molar-refractivity contribution in [3.8, 4) is 5.75 Å². The van der Waals surface area contributed by atoms with Crippen molar-refractivity contribution in [2.75, 3.05) is 0 Å². The number of hydrogen-bond acceptors (Lipinski definition) is 4. The molecule has 0 N–H and O–H groups in total. The summed E-state index contributed by atoms with van der Waals surface area (Å²) in [4.78, 5) is 21.8. The summed E-state index contributed by atoms with van der Waals surface area (Å²) in [5, 5.41) is 11.0. The van der Waals surface area contributed by atoms with Gasteiger partial charge in [-0.15, -0.1) is 0 Å². The molecule has 2 rings (SSSR count). The van der Waals surface area contributed by atoms with Crippen molar-refractivity contribution in [3.63, 3.8) is 0 Å². The molecule has 2 aromatic rings. The highest BCUT2D eigenvalue weighted by molar-refractivity contribution is 6.30. The largest absolute Gasteiger partial charge is 0.434 e. The molecule has 0 atom stereocenters. The van der Waals surface area contributed by atoms with Crippen LogP contribution in [0.25, 0.3) is 0 Å². The van der Waals surface area contributed by atoms with Crippen molar-refractivity contribution < 1.29 is 18.4 Å². The Balaban J connectivity index is 2.42. The Labute approximate surface area is 127 Å². The SMILES string of the molecule is O=c1ccc([N+](=O)[O-])cn1Cc1cc(Cl)ccc1OC(F)F. The molecular weight excluding hydrogens is 322 g/mol. The molecule has 0 aliphatic rings. The van der Waals surface area contributed by atoms with E-state index in [0.717, 1.165) is 22.9 Å². The Hall–Kier alpha value is -2.48. The number of nitro groups is 1. The Kier molecular flexibility index (Phi) is 4.71. The fraction of sp³-hybridized carbons (Fsp3) is 0.154. The van der Waals surface area contributed by atoms with E-state index in [1.165, 1.54) is 18.2 Å². The topological polar surface area (TPSA) is 74.4 Å². The number of nitrogens with zero attached hydrogens (tertiary/aromatic N) is 2. The summed E-state index contributed by atoms with van der Waals surface area (Å²) in [6.07, 6.45) is 1.02. The highest BCUT2D eigenvalue weighted by Gasteiger charge is 2.13. The smallest absolute Gasteiger partial charge is 0.387 e. The third-order valence-electron chi connectivity index (χ3n) is 2.76. The van der Waals surface area contributed by atoms with Gasteiger partial charge in [0.25, 0.3) is 11.2 Å². The second kappa shape index (κ2) is 6.52. The number of halogens is 3. The number of pyridine rings is 1. The van der Waals surface area contributed by atoms with E-state index in [1.807, 2.05) is 0 Å². The van der Waals surface area contributed by atoms with E-state index in [0.29, 0.717) is 0 Å². The molecule has 0 aliphatic carbocycles. The van der Waals surface area contributed by atoms with Crippen molar-refractivity contribution in [1.82, 2.24) is 4.57 Å². The molecule has 1 heterocycles. The predicted octanol–water partition coefficient (Wildman–Crippen LogP) is 3.06. The number of aromatic nitrogens is 1. The van der Waals surface area contributed by atoms with Crippen LogP contribution in [0.15, 0.2) is 41.3 Å². The van der Waals surface area contributed by atoms with Gasteiger partial charge < -0.3 is 9.30 Å². The molecule has 9 heteroatoms. The van der Waals surface area contributed by atoms with Gasteiger partial charge in [0.05, 0.1) is 17.7 Å². The second-order valence-corrected chi connectivity index (χ2v) is 4.68. The number of rotatable bonds is 5. The first kappa shape index (κ1) is 15.9. The van der Waals surface area contributed by atoms with E-state index < -0.39 is 17.1 Å². The van der Waals surface area contributed by atoms with E-state index in [4.69, 9.17) is 11.6 Å². The fourth-order valence-corrected chi connectivity index (χ4v) is 2.01. The van der Waals surface area contributed by atoms with Crippen molar-refractivity contribution >= 4 is 17.3 Å². The lowest BCUT2D eigenvalue weighted by molar-refractivity contribution is -0.385. The first-order valence-electron chi connectivity index (χ1n) is 5.95. The highest BCUT2D eigenvalue weighted by Crippen LogP contribution is 2.25. The Morgan fingerprint density at radius 3 is 2.68 bits per heavy atom. The van der Waals surface area contributed by atoms with Gasteiger partial charge in [-0.05, 0) is 18.2 Å². The highest BCUT2D eigenvalue weighted by atomic mass is 35.5. The summed E-state index contributed by atoms with van der Waals surface area (Å²) in [6, 6.07) is 6.04. The van der Waals surface area contributed by atoms with Crippen LogP contribution in [0.4, 0.5) is 14.5 Å². The molecule has 0 radical (unpaired) electrons. The van der Waals surface area contributed by atoms with Gasteiger partial charge in [0.1, 0.15) is 5.75 Å². The van der Waals surface area contributed by atoms with Gasteiger partial charge in [0.2, 0.25) is 0 Å². The minimum absolute atomic E-state index is 0.155. The lowest BCUT2D eigenvalue weighted by Crippen LogP contribution is -2.20. The van der Waals surface area contributed by atoms with Crippen LogP contribution in [-0.4, -0.2) is 16.1 Å². The lowest BCUT2D eigenvalue weighted by atomic mass is 10.2. The third kappa shape index (κ3) is 3.79. The molecule has 0 aliphatic heterocycles. The monoisotopic (exact) mass is 330 g/mol. The summed E-state index contributed by atoms with van der Waals surface area (Å²) in [7, 11) is 0. The quantitative estimate of drug-likeness (QED) is 0.623. The van der Waals surface area contributed by atoms with E-state index in [1.54, 1.807) is 0 Å². The van der Waals surface area contributed by atoms with Crippen LogP contribution in [-0.2, 0) is 6.54 Å². The fourth-order valence-electron chi connectivity index (χ4n) is 1.82. The van der Waals surface area contributed by atoms with Gasteiger partial charge >= 0.3 is 6.61 Å². The van der Waals surface area contributed by atoms with Crippen molar-refractivity contribution in [3.05, 3.63) is 67.6 Å². The maximum atomic E-state index is 12.4. The molecule has 22 heavy (non-hydrogen) atoms. The minimum atomic E-state index is -3.04. The van der Waals surface area contributed by atoms with E-state index >= 15 is 0 Å². The second-order valence-electron chi connectivity index (χ2n) is 4.24. The van der Waals surface area contributed by atoms with Crippen LogP contribution in [0.1, 0.15) is 5.56 Å². The summed E-state index contributed by atoms with van der Waals surface area (Å²) >= 11 is 5.80. The van der Waals surface area contributed by atoms with Crippen LogP contribution in [0.5, 0.6) is 5.75 Å². The van der Waals surface area contributed by atoms with Gasteiger partial charge in [-0.2, -0.15) is 8.78 Å². The van der Waals surface area contributed by atoms with E-state index in [-0.39, 0.29) is 28.6 Å². The van der Waals surface area contributed by atoms with Crippen LogP contribution in [0.3, 0.4) is 0 Å². The normalized spacial score (nSPS) is 10.7. The van der Waals surface area contributed by atoms with E-state index in [2.05, 4.69) is 4.74 Å². The summed E-state index contributed by atoms with van der Waals surface area (Å²) in [6.45, 7) is -3.23. The lowest BCUT2D eigenvalue weighted by Gasteiger charge is -2.12. The zero-order valence-electron chi connectivity index (χ0n) is 10.9. The standard InChI is InChI=1S/C13H9ClF2N2O4/c14-9-1-3-11(22-13(15)16)8(5-9)6-17-7-10(18(20)21)2-4-12(17)19/h1-5,7,13H,6H2. The van der Waals surface area contributed by atoms with Gasteiger partial charge in [-0.25, -0.2) is 0 Å². The average molecular weight is 331 g/mol. The minimum Gasteiger partial charge on any atom is -0.434 e. The summed E-state index contributed by atoms with van der Waals surface area (Å²) in [5.41, 5.74) is -0.609. The van der Waals surface area contributed by atoms with Crippen LogP contribution >= 0.6 is 11.6 Å². The Morgan fingerprint density at radius 1 is 1.32 bits per heavy atom. The number of ether oxygens (including phenoxy) is 1. The van der Waals surface area contributed by atoms with Gasteiger partial charge in [0, 0.05) is 22.7 Å². The maximum absolute atomic E-state index is 12.4.